The molecule has 1 heterocycles. The smallest absolute Gasteiger partial charge is 0.273 e. The minimum Gasteiger partial charge on any atom is -0.469 e. The largest absolute Gasteiger partial charge is 0.469 e. The van der Waals surface area contributed by atoms with Crippen LogP contribution in [0.5, 0.6) is 0 Å². The maximum absolute atomic E-state index is 11.7. The van der Waals surface area contributed by atoms with Crippen LogP contribution in [0.15, 0.2) is 47.1 Å². The van der Waals surface area contributed by atoms with Gasteiger partial charge in [0.15, 0.2) is 0 Å². The average molecular weight is 284 g/mol. The van der Waals surface area contributed by atoms with E-state index in [2.05, 4.69) is 10.9 Å². The van der Waals surface area contributed by atoms with E-state index in [1.165, 1.54) is 12.3 Å². The molecule has 0 bridgehead atoms. The zero-order valence-corrected chi connectivity index (χ0v) is 11.8. The number of furan rings is 1. The quantitative estimate of drug-likeness (QED) is 0.671. The third-order valence-electron chi connectivity index (χ3n) is 2.87. The molecule has 2 N–H and O–H groups in total. The third kappa shape index (κ3) is 4.07. The van der Waals surface area contributed by atoms with Gasteiger partial charge in [-0.3, -0.25) is 20.4 Å². The molecule has 5 nitrogen and oxygen atoms in total. The maximum atomic E-state index is 11.7. The van der Waals surface area contributed by atoms with Crippen molar-refractivity contribution in [3.05, 3.63) is 65.1 Å². The van der Waals surface area contributed by atoms with Crippen molar-refractivity contribution >= 4 is 17.9 Å². The van der Waals surface area contributed by atoms with Crippen molar-refractivity contribution in [3.8, 4) is 0 Å². The zero-order valence-electron chi connectivity index (χ0n) is 11.8. The van der Waals surface area contributed by atoms with Crippen molar-refractivity contribution in [2.45, 2.75) is 13.8 Å². The van der Waals surface area contributed by atoms with E-state index in [1.807, 2.05) is 31.2 Å². The van der Waals surface area contributed by atoms with Crippen LogP contribution in [-0.4, -0.2) is 11.8 Å². The van der Waals surface area contributed by atoms with Gasteiger partial charge in [0, 0.05) is 6.08 Å². The van der Waals surface area contributed by atoms with Crippen molar-refractivity contribution < 1.29 is 14.0 Å². The highest BCUT2D eigenvalue weighted by atomic mass is 16.3. The van der Waals surface area contributed by atoms with E-state index in [9.17, 15) is 9.59 Å². The van der Waals surface area contributed by atoms with E-state index in [4.69, 9.17) is 4.42 Å². The predicted molar refractivity (Wildman–Crippen MR) is 79.3 cm³/mol. The summed E-state index contributed by atoms with van der Waals surface area (Å²) in [7, 11) is 0. The summed E-state index contributed by atoms with van der Waals surface area (Å²) in [6.07, 6.45) is 4.46. The first-order chi connectivity index (χ1) is 10.1. The molecule has 2 rings (SSSR count). The van der Waals surface area contributed by atoms with Crippen LogP contribution in [0, 0.1) is 13.8 Å². The van der Waals surface area contributed by atoms with E-state index >= 15 is 0 Å². The second-order valence-corrected chi connectivity index (χ2v) is 4.58. The summed E-state index contributed by atoms with van der Waals surface area (Å²) in [4.78, 5) is 23.4. The fourth-order valence-electron chi connectivity index (χ4n) is 1.79. The summed E-state index contributed by atoms with van der Waals surface area (Å²) < 4.78 is 5.02. The molecule has 1 aromatic carbocycles. The molecule has 0 atom stereocenters. The minimum atomic E-state index is -0.418. The number of hydrazine groups is 1. The van der Waals surface area contributed by atoms with E-state index < -0.39 is 11.8 Å². The second kappa shape index (κ2) is 6.56. The lowest BCUT2D eigenvalue weighted by Crippen LogP contribution is -2.40. The van der Waals surface area contributed by atoms with Crippen molar-refractivity contribution in [2.75, 3.05) is 0 Å². The Morgan fingerprint density at radius 2 is 1.95 bits per heavy atom. The molecular weight excluding hydrogens is 268 g/mol. The summed E-state index contributed by atoms with van der Waals surface area (Å²) >= 11 is 0. The van der Waals surface area contributed by atoms with Gasteiger partial charge in [-0.1, -0.05) is 29.8 Å². The lowest BCUT2D eigenvalue weighted by atomic mass is 10.1. The zero-order chi connectivity index (χ0) is 15.2. The van der Waals surface area contributed by atoms with Crippen molar-refractivity contribution in [2.24, 2.45) is 0 Å². The van der Waals surface area contributed by atoms with Crippen LogP contribution < -0.4 is 10.9 Å². The summed E-state index contributed by atoms with van der Waals surface area (Å²) in [6.45, 7) is 3.65. The fourth-order valence-corrected chi connectivity index (χ4v) is 1.79. The third-order valence-corrected chi connectivity index (χ3v) is 2.87. The molecule has 21 heavy (non-hydrogen) atoms. The van der Waals surface area contributed by atoms with Crippen molar-refractivity contribution in [1.29, 1.82) is 0 Å². The molecule has 0 fully saturated rings. The highest BCUT2D eigenvalue weighted by Crippen LogP contribution is 2.07. The van der Waals surface area contributed by atoms with Crippen LogP contribution >= 0.6 is 0 Å². The number of amides is 2. The van der Waals surface area contributed by atoms with Gasteiger partial charge in [0.25, 0.3) is 11.8 Å². The number of carbonyl (C=O) groups is 2. The summed E-state index contributed by atoms with van der Waals surface area (Å²) in [5.41, 5.74) is 7.06. The van der Waals surface area contributed by atoms with Crippen LogP contribution in [0.25, 0.3) is 6.08 Å². The maximum Gasteiger partial charge on any atom is 0.273 e. The van der Waals surface area contributed by atoms with Gasteiger partial charge in [0.2, 0.25) is 0 Å². The molecule has 108 valence electrons. The van der Waals surface area contributed by atoms with Gasteiger partial charge in [0.05, 0.1) is 11.8 Å². The normalized spacial score (nSPS) is 10.6. The van der Waals surface area contributed by atoms with Gasteiger partial charge in [-0.15, -0.1) is 0 Å². The Hall–Kier alpha value is -2.82. The van der Waals surface area contributed by atoms with Crippen molar-refractivity contribution in [3.63, 3.8) is 0 Å². The topological polar surface area (TPSA) is 71.3 Å². The molecule has 0 radical (unpaired) electrons. The number of nitrogens with one attached hydrogen (secondary N) is 2. The highest BCUT2D eigenvalue weighted by Gasteiger charge is 2.11. The molecular formula is C16H16N2O3. The molecule has 0 spiro atoms. The monoisotopic (exact) mass is 284 g/mol. The summed E-state index contributed by atoms with van der Waals surface area (Å²) in [6, 6.07) is 9.28. The van der Waals surface area contributed by atoms with Gasteiger partial charge >= 0.3 is 0 Å². The Balaban J connectivity index is 1.88. The number of benzene rings is 1. The Morgan fingerprint density at radius 3 is 2.62 bits per heavy atom. The molecule has 0 aliphatic carbocycles. The molecule has 2 amide bonds. The Kier molecular flexibility index (Phi) is 4.56. The first kappa shape index (κ1) is 14.6. The Bertz CT molecular complexity index is 686. The summed E-state index contributed by atoms with van der Waals surface area (Å²) in [5, 5.41) is 0. The summed E-state index contributed by atoms with van der Waals surface area (Å²) in [5.74, 6) is -0.332. The van der Waals surface area contributed by atoms with E-state index in [1.54, 1.807) is 19.1 Å². The van der Waals surface area contributed by atoms with Crippen LogP contribution in [0.1, 0.15) is 27.2 Å². The molecule has 0 unspecified atom stereocenters. The lowest BCUT2D eigenvalue weighted by Gasteiger charge is -2.04. The number of hydrogen-bond donors (Lipinski definition) is 2. The van der Waals surface area contributed by atoms with Gasteiger partial charge < -0.3 is 4.42 Å². The van der Waals surface area contributed by atoms with Crippen LogP contribution in [0.4, 0.5) is 0 Å². The molecule has 0 saturated carbocycles. The Labute approximate surface area is 122 Å². The van der Waals surface area contributed by atoms with Crippen LogP contribution in [0.2, 0.25) is 0 Å². The molecule has 1 aromatic heterocycles. The number of aryl methyl sites for hydroxylation is 2. The van der Waals surface area contributed by atoms with Gasteiger partial charge in [-0.2, -0.15) is 0 Å². The molecule has 5 heteroatoms. The number of rotatable bonds is 3. The van der Waals surface area contributed by atoms with E-state index in [0.29, 0.717) is 11.3 Å². The molecule has 0 aliphatic heterocycles. The first-order valence-corrected chi connectivity index (χ1v) is 6.45. The minimum absolute atomic E-state index is 0.387. The predicted octanol–water partition coefficient (Wildman–Crippen LogP) is 2.37. The molecule has 0 aliphatic rings. The van der Waals surface area contributed by atoms with E-state index in [0.717, 1.165) is 11.1 Å². The fraction of sp³-hybridized carbons (Fsp3) is 0.125. The SMILES string of the molecule is Cc1cccc(/C=C/C(=O)NNC(=O)c2ccoc2C)c1. The van der Waals surface area contributed by atoms with Gasteiger partial charge in [-0.05, 0) is 31.6 Å². The van der Waals surface area contributed by atoms with Crippen LogP contribution in [-0.2, 0) is 4.79 Å². The second-order valence-electron chi connectivity index (χ2n) is 4.58. The average Bonchev–Trinajstić information content (AvgIpc) is 2.89. The van der Waals surface area contributed by atoms with Gasteiger partial charge in [-0.25, -0.2) is 0 Å². The molecule has 0 saturated heterocycles. The van der Waals surface area contributed by atoms with Gasteiger partial charge in [0.1, 0.15) is 5.76 Å². The lowest BCUT2D eigenvalue weighted by molar-refractivity contribution is -0.117. The van der Waals surface area contributed by atoms with Crippen LogP contribution in [0.3, 0.4) is 0 Å². The molecule has 2 aromatic rings. The Morgan fingerprint density at radius 1 is 1.14 bits per heavy atom. The first-order valence-electron chi connectivity index (χ1n) is 6.45. The standard InChI is InChI=1S/C16H16N2O3/c1-11-4-3-5-13(10-11)6-7-15(19)17-18-16(20)14-8-9-21-12(14)2/h3-10H,1-2H3,(H,17,19)(H,18,20)/b7-6+. The van der Waals surface area contributed by atoms with E-state index in [-0.39, 0.29) is 0 Å². The highest BCUT2D eigenvalue weighted by molar-refractivity contribution is 5.98. The number of carbonyl (C=O) groups excluding carboxylic acids is 2. The number of hydrogen-bond acceptors (Lipinski definition) is 3. The van der Waals surface area contributed by atoms with Crippen molar-refractivity contribution in [1.82, 2.24) is 10.9 Å².